The summed E-state index contributed by atoms with van der Waals surface area (Å²) >= 11 is 0. The highest BCUT2D eigenvalue weighted by Gasteiger charge is 2.15. The number of aromatic nitrogens is 2. The van der Waals surface area contributed by atoms with Gasteiger partial charge in [-0.25, -0.2) is 5.10 Å². The molecule has 1 aromatic heterocycles. The van der Waals surface area contributed by atoms with Crippen LogP contribution < -0.4 is 10.5 Å². The normalized spacial score (nSPS) is 16.2. The topological polar surface area (TPSA) is 67.2 Å². The molecule has 1 aliphatic heterocycles. The number of nitrogens with two attached hydrogens (primary N) is 1. The minimum absolute atomic E-state index is 0.392. The van der Waals surface area contributed by atoms with Crippen LogP contribution in [0.5, 0.6) is 5.88 Å². The van der Waals surface area contributed by atoms with Gasteiger partial charge >= 0.3 is 0 Å². The van der Waals surface area contributed by atoms with Crippen molar-refractivity contribution in [2.45, 2.75) is 51.6 Å². The number of nitrogens with one attached hydrogen (secondary N) is 1. The van der Waals surface area contributed by atoms with Crippen LogP contribution in [0, 0.1) is 0 Å². The van der Waals surface area contributed by atoms with Crippen molar-refractivity contribution >= 4 is 0 Å². The first kappa shape index (κ1) is 18.0. The van der Waals surface area contributed by atoms with Crippen molar-refractivity contribution in [1.82, 2.24) is 15.1 Å². The van der Waals surface area contributed by atoms with Gasteiger partial charge in [0.1, 0.15) is 0 Å². The molecule has 0 bridgehead atoms. The van der Waals surface area contributed by atoms with E-state index in [0.717, 1.165) is 69.9 Å². The van der Waals surface area contributed by atoms with Crippen LogP contribution in [-0.2, 0) is 13.0 Å². The van der Waals surface area contributed by atoms with E-state index in [1.54, 1.807) is 0 Å². The molecule has 2 heterocycles. The Morgan fingerprint density at radius 3 is 2.64 bits per heavy atom. The quantitative estimate of drug-likeness (QED) is 0.724. The van der Waals surface area contributed by atoms with Crippen LogP contribution in [0.2, 0.25) is 0 Å². The smallest absolute Gasteiger partial charge is 0.209 e. The predicted molar refractivity (Wildman–Crippen MR) is 101 cm³/mol. The van der Waals surface area contributed by atoms with Crippen molar-refractivity contribution in [3.05, 3.63) is 47.2 Å². The predicted octanol–water partition coefficient (Wildman–Crippen LogP) is 3.10. The molecule has 1 aliphatic rings. The lowest BCUT2D eigenvalue weighted by atomic mass is 10.0. The van der Waals surface area contributed by atoms with Crippen LogP contribution in [0.15, 0.2) is 30.3 Å². The summed E-state index contributed by atoms with van der Waals surface area (Å²) in [5.74, 6) is 0.767. The molecule has 5 nitrogen and oxygen atoms in total. The molecular formula is C20H30N4O. The van der Waals surface area contributed by atoms with Crippen molar-refractivity contribution in [2.75, 3.05) is 19.7 Å². The average molecular weight is 342 g/mol. The molecule has 5 heteroatoms. The van der Waals surface area contributed by atoms with Crippen LogP contribution >= 0.6 is 0 Å². The summed E-state index contributed by atoms with van der Waals surface area (Å²) in [4.78, 5) is 2.49. The number of nitrogens with zero attached hydrogens (tertiary/aromatic N) is 2. The number of hydrogen-bond acceptors (Lipinski definition) is 4. The fourth-order valence-electron chi connectivity index (χ4n) is 3.17. The number of benzene rings is 1. The highest BCUT2D eigenvalue weighted by Crippen LogP contribution is 2.16. The third kappa shape index (κ3) is 5.58. The molecule has 0 radical (unpaired) electrons. The maximum atomic E-state index is 5.98. The zero-order valence-corrected chi connectivity index (χ0v) is 15.2. The molecular weight excluding hydrogens is 312 g/mol. The van der Waals surface area contributed by atoms with E-state index >= 15 is 0 Å². The molecule has 0 atom stereocenters. The summed E-state index contributed by atoms with van der Waals surface area (Å²) in [5, 5.41) is 7.31. The third-order valence-corrected chi connectivity index (χ3v) is 4.81. The van der Waals surface area contributed by atoms with E-state index in [1.165, 1.54) is 11.1 Å². The number of unbranched alkanes of at least 4 members (excludes halogenated alkanes) is 1. The van der Waals surface area contributed by atoms with Gasteiger partial charge in [-0.1, -0.05) is 37.6 Å². The lowest BCUT2D eigenvalue weighted by Crippen LogP contribution is -2.39. The molecule has 0 spiro atoms. The third-order valence-electron chi connectivity index (χ3n) is 4.81. The van der Waals surface area contributed by atoms with E-state index in [1.807, 2.05) is 6.07 Å². The molecule has 136 valence electrons. The zero-order chi connectivity index (χ0) is 17.5. The van der Waals surface area contributed by atoms with Gasteiger partial charge in [0.25, 0.3) is 0 Å². The Morgan fingerprint density at radius 1 is 1.20 bits per heavy atom. The number of ether oxygens (including phenoxy) is 1. The van der Waals surface area contributed by atoms with E-state index in [0.29, 0.717) is 6.04 Å². The van der Waals surface area contributed by atoms with Gasteiger partial charge in [0.15, 0.2) is 0 Å². The fraction of sp³-hybridized carbons (Fsp3) is 0.550. The van der Waals surface area contributed by atoms with E-state index in [9.17, 15) is 0 Å². The van der Waals surface area contributed by atoms with Gasteiger partial charge in [0.2, 0.25) is 5.88 Å². The molecule has 3 rings (SSSR count). The molecule has 1 saturated heterocycles. The van der Waals surface area contributed by atoms with E-state index in [4.69, 9.17) is 10.5 Å². The Hall–Kier alpha value is -1.85. The SMILES string of the molecule is CCCCOc1cc(Cc2ccc(CN3CCC(N)CC3)cc2)n[nH]1. The molecule has 0 saturated carbocycles. The Kier molecular flexibility index (Phi) is 6.48. The minimum atomic E-state index is 0.392. The van der Waals surface area contributed by atoms with Crippen molar-refractivity contribution in [1.29, 1.82) is 0 Å². The number of aromatic amines is 1. The molecule has 3 N–H and O–H groups in total. The first-order valence-electron chi connectivity index (χ1n) is 9.46. The second-order valence-corrected chi connectivity index (χ2v) is 7.03. The van der Waals surface area contributed by atoms with Gasteiger partial charge in [-0.05, 0) is 43.5 Å². The summed E-state index contributed by atoms with van der Waals surface area (Å²) in [6.45, 7) is 6.14. The van der Waals surface area contributed by atoms with Gasteiger partial charge in [0.05, 0.1) is 12.3 Å². The summed E-state index contributed by atoms with van der Waals surface area (Å²) in [6.07, 6.45) is 5.25. The monoisotopic (exact) mass is 342 g/mol. The van der Waals surface area contributed by atoms with E-state index < -0.39 is 0 Å². The summed E-state index contributed by atoms with van der Waals surface area (Å²) in [7, 11) is 0. The van der Waals surface area contributed by atoms with Gasteiger partial charge < -0.3 is 10.5 Å². The molecule has 0 aliphatic carbocycles. The number of rotatable bonds is 8. The Labute approximate surface area is 150 Å². The number of piperidine rings is 1. The van der Waals surface area contributed by atoms with Gasteiger partial charge in [0, 0.05) is 25.1 Å². The Morgan fingerprint density at radius 2 is 1.92 bits per heavy atom. The zero-order valence-electron chi connectivity index (χ0n) is 15.2. The number of likely N-dealkylation sites (tertiary alicyclic amines) is 1. The highest BCUT2D eigenvalue weighted by molar-refractivity contribution is 5.27. The highest BCUT2D eigenvalue weighted by atomic mass is 16.5. The second kappa shape index (κ2) is 9.02. The molecule has 25 heavy (non-hydrogen) atoms. The largest absolute Gasteiger partial charge is 0.478 e. The Balaban J connectivity index is 1.49. The van der Waals surface area contributed by atoms with Crippen LogP contribution in [0.3, 0.4) is 0 Å². The maximum Gasteiger partial charge on any atom is 0.209 e. The molecule has 0 amide bonds. The second-order valence-electron chi connectivity index (χ2n) is 7.03. The summed E-state index contributed by atoms with van der Waals surface area (Å²) < 4.78 is 5.64. The van der Waals surface area contributed by atoms with Crippen molar-refractivity contribution in [2.24, 2.45) is 5.73 Å². The van der Waals surface area contributed by atoms with Gasteiger partial charge in [-0.2, -0.15) is 5.10 Å². The number of H-pyrrole nitrogens is 1. The van der Waals surface area contributed by atoms with Crippen molar-refractivity contribution in [3.63, 3.8) is 0 Å². The van der Waals surface area contributed by atoms with Gasteiger partial charge in [-0.15, -0.1) is 0 Å². The van der Waals surface area contributed by atoms with E-state index in [2.05, 4.69) is 46.3 Å². The van der Waals surface area contributed by atoms with E-state index in [-0.39, 0.29) is 0 Å². The van der Waals surface area contributed by atoms with Crippen molar-refractivity contribution in [3.8, 4) is 5.88 Å². The van der Waals surface area contributed by atoms with Crippen LogP contribution in [-0.4, -0.2) is 40.8 Å². The maximum absolute atomic E-state index is 5.98. The number of hydrogen-bond donors (Lipinski definition) is 2. The molecule has 1 aromatic carbocycles. The van der Waals surface area contributed by atoms with Crippen LogP contribution in [0.4, 0.5) is 0 Å². The van der Waals surface area contributed by atoms with Gasteiger partial charge in [-0.3, -0.25) is 4.90 Å². The minimum Gasteiger partial charge on any atom is -0.478 e. The standard InChI is InChI=1S/C20H30N4O/c1-2-3-12-25-20-14-19(22-23-20)13-16-4-6-17(7-5-16)15-24-10-8-18(21)9-11-24/h4-7,14,18H,2-3,8-13,15,21H2,1H3,(H,22,23). The summed E-state index contributed by atoms with van der Waals surface area (Å²) in [5.41, 5.74) is 9.63. The molecule has 1 fully saturated rings. The van der Waals surface area contributed by atoms with Crippen LogP contribution in [0.25, 0.3) is 0 Å². The summed E-state index contributed by atoms with van der Waals surface area (Å²) in [6, 6.07) is 11.3. The first-order valence-corrected chi connectivity index (χ1v) is 9.46. The van der Waals surface area contributed by atoms with Crippen LogP contribution in [0.1, 0.15) is 49.4 Å². The lowest BCUT2D eigenvalue weighted by Gasteiger charge is -2.30. The fourth-order valence-corrected chi connectivity index (χ4v) is 3.17. The first-order chi connectivity index (χ1) is 12.2. The lowest BCUT2D eigenvalue weighted by molar-refractivity contribution is 0.205. The average Bonchev–Trinajstić information content (AvgIpc) is 3.06. The van der Waals surface area contributed by atoms with Crippen molar-refractivity contribution < 1.29 is 4.74 Å². The molecule has 2 aromatic rings. The Bertz CT molecular complexity index is 629. The molecule has 0 unspecified atom stereocenters.